The molecule has 0 aliphatic carbocycles. The highest BCUT2D eigenvalue weighted by Crippen LogP contribution is 2.18. The van der Waals surface area contributed by atoms with Crippen molar-refractivity contribution in [2.45, 2.75) is 18.4 Å². The zero-order chi connectivity index (χ0) is 13.6. The van der Waals surface area contributed by atoms with Gasteiger partial charge >= 0.3 is 0 Å². The van der Waals surface area contributed by atoms with E-state index in [1.807, 2.05) is 6.92 Å². The number of nitrogens with zero attached hydrogens (tertiary/aromatic N) is 1. The first-order valence-electron chi connectivity index (χ1n) is 5.86. The molecular formula is C12H20N2O3S. The van der Waals surface area contributed by atoms with Crippen LogP contribution >= 0.6 is 0 Å². The van der Waals surface area contributed by atoms with Crippen molar-refractivity contribution in [2.75, 3.05) is 26.8 Å². The predicted octanol–water partition coefficient (Wildman–Crippen LogP) is 0.802. The SMILES string of the molecule is CCOCCN(C)S(=O)(=O)c1ccccc1CN. The summed E-state index contributed by atoms with van der Waals surface area (Å²) in [5.41, 5.74) is 6.19. The fourth-order valence-electron chi connectivity index (χ4n) is 1.55. The Morgan fingerprint density at radius 2 is 2.00 bits per heavy atom. The quantitative estimate of drug-likeness (QED) is 0.745. The van der Waals surface area contributed by atoms with Crippen molar-refractivity contribution in [3.05, 3.63) is 29.8 Å². The maximum Gasteiger partial charge on any atom is 0.243 e. The van der Waals surface area contributed by atoms with Crippen LogP contribution in [0.3, 0.4) is 0 Å². The number of nitrogens with two attached hydrogens (primary N) is 1. The summed E-state index contributed by atoms with van der Waals surface area (Å²) in [6.45, 7) is 3.37. The summed E-state index contributed by atoms with van der Waals surface area (Å²) >= 11 is 0. The molecule has 0 saturated heterocycles. The lowest BCUT2D eigenvalue weighted by molar-refractivity contribution is 0.138. The van der Waals surface area contributed by atoms with Gasteiger partial charge in [-0.1, -0.05) is 18.2 Å². The lowest BCUT2D eigenvalue weighted by Gasteiger charge is -2.18. The molecule has 0 aromatic heterocycles. The van der Waals surface area contributed by atoms with E-state index in [2.05, 4.69) is 0 Å². The van der Waals surface area contributed by atoms with Crippen molar-refractivity contribution in [1.29, 1.82) is 0 Å². The minimum atomic E-state index is -3.49. The Morgan fingerprint density at radius 3 is 2.61 bits per heavy atom. The number of ether oxygens (including phenoxy) is 1. The van der Waals surface area contributed by atoms with E-state index in [-0.39, 0.29) is 11.4 Å². The third-order valence-electron chi connectivity index (χ3n) is 2.64. The van der Waals surface area contributed by atoms with E-state index in [9.17, 15) is 8.42 Å². The Hall–Kier alpha value is -0.950. The fraction of sp³-hybridized carbons (Fsp3) is 0.500. The number of hydrogen-bond donors (Lipinski definition) is 1. The van der Waals surface area contributed by atoms with Gasteiger partial charge in [-0.2, -0.15) is 4.31 Å². The van der Waals surface area contributed by atoms with Gasteiger partial charge in [0, 0.05) is 26.7 Å². The van der Waals surface area contributed by atoms with E-state index in [0.29, 0.717) is 25.3 Å². The standard InChI is InChI=1S/C12H20N2O3S/c1-3-17-9-8-14(2)18(15,16)12-7-5-4-6-11(12)10-13/h4-7H,3,8-10,13H2,1-2H3. The minimum Gasteiger partial charge on any atom is -0.380 e. The molecule has 0 saturated carbocycles. The van der Waals surface area contributed by atoms with Crippen molar-refractivity contribution < 1.29 is 13.2 Å². The Kier molecular flexibility index (Phi) is 5.74. The summed E-state index contributed by atoms with van der Waals surface area (Å²) in [7, 11) is -1.95. The molecule has 1 rings (SSSR count). The molecule has 2 N–H and O–H groups in total. The molecule has 0 bridgehead atoms. The molecule has 5 nitrogen and oxygen atoms in total. The molecule has 18 heavy (non-hydrogen) atoms. The topological polar surface area (TPSA) is 72.6 Å². The summed E-state index contributed by atoms with van der Waals surface area (Å²) in [6, 6.07) is 6.78. The highest BCUT2D eigenvalue weighted by molar-refractivity contribution is 7.89. The summed E-state index contributed by atoms with van der Waals surface area (Å²) in [4.78, 5) is 0.270. The molecule has 0 spiro atoms. The van der Waals surface area contributed by atoms with E-state index in [1.54, 1.807) is 31.3 Å². The van der Waals surface area contributed by atoms with Crippen LogP contribution in [0.4, 0.5) is 0 Å². The molecule has 1 aromatic rings. The molecule has 0 atom stereocenters. The molecule has 102 valence electrons. The van der Waals surface area contributed by atoms with Crippen molar-refractivity contribution >= 4 is 10.0 Å². The lowest BCUT2D eigenvalue weighted by Crippen LogP contribution is -2.31. The van der Waals surface area contributed by atoms with Gasteiger partial charge in [0.05, 0.1) is 11.5 Å². The van der Waals surface area contributed by atoms with Crippen LogP contribution in [0.1, 0.15) is 12.5 Å². The van der Waals surface area contributed by atoms with Crippen molar-refractivity contribution in [3.8, 4) is 0 Å². The van der Waals surface area contributed by atoms with Crippen LogP contribution in [0.25, 0.3) is 0 Å². The van der Waals surface area contributed by atoms with Crippen LogP contribution in [0.15, 0.2) is 29.2 Å². The first kappa shape index (κ1) is 15.1. The second-order valence-electron chi connectivity index (χ2n) is 3.84. The smallest absolute Gasteiger partial charge is 0.243 e. The van der Waals surface area contributed by atoms with Gasteiger partial charge in [0.25, 0.3) is 0 Å². The van der Waals surface area contributed by atoms with Crippen LogP contribution in [-0.4, -0.2) is 39.5 Å². The van der Waals surface area contributed by atoms with Gasteiger partial charge in [0.2, 0.25) is 10.0 Å². The number of benzene rings is 1. The fourth-order valence-corrected chi connectivity index (χ4v) is 2.93. The average Bonchev–Trinajstić information content (AvgIpc) is 2.38. The van der Waals surface area contributed by atoms with E-state index >= 15 is 0 Å². The molecule has 0 radical (unpaired) electrons. The van der Waals surface area contributed by atoms with Crippen LogP contribution in [0.5, 0.6) is 0 Å². The van der Waals surface area contributed by atoms with Crippen LogP contribution in [0.2, 0.25) is 0 Å². The molecule has 0 aliphatic heterocycles. The van der Waals surface area contributed by atoms with Crippen LogP contribution in [-0.2, 0) is 21.3 Å². The number of hydrogen-bond acceptors (Lipinski definition) is 4. The van der Waals surface area contributed by atoms with Gasteiger partial charge in [-0.15, -0.1) is 0 Å². The monoisotopic (exact) mass is 272 g/mol. The Balaban J connectivity index is 2.91. The van der Waals surface area contributed by atoms with Gasteiger partial charge in [-0.05, 0) is 18.6 Å². The average molecular weight is 272 g/mol. The van der Waals surface area contributed by atoms with E-state index in [4.69, 9.17) is 10.5 Å². The summed E-state index contributed by atoms with van der Waals surface area (Å²) < 4.78 is 31.1. The van der Waals surface area contributed by atoms with Gasteiger partial charge in [-0.3, -0.25) is 0 Å². The molecular weight excluding hydrogens is 252 g/mol. The third-order valence-corrected chi connectivity index (χ3v) is 4.59. The highest BCUT2D eigenvalue weighted by atomic mass is 32.2. The zero-order valence-electron chi connectivity index (χ0n) is 10.8. The minimum absolute atomic E-state index is 0.203. The van der Waals surface area contributed by atoms with E-state index < -0.39 is 10.0 Å². The molecule has 0 aliphatic rings. The van der Waals surface area contributed by atoms with Gasteiger partial charge in [0.1, 0.15) is 0 Å². The van der Waals surface area contributed by atoms with E-state index in [1.165, 1.54) is 4.31 Å². The number of sulfonamides is 1. The second-order valence-corrected chi connectivity index (χ2v) is 5.85. The molecule has 1 aromatic carbocycles. The maximum absolute atomic E-state index is 12.3. The summed E-state index contributed by atoms with van der Waals surface area (Å²) in [5, 5.41) is 0. The molecule has 0 fully saturated rings. The molecule has 6 heteroatoms. The summed E-state index contributed by atoms with van der Waals surface area (Å²) in [6.07, 6.45) is 0. The van der Waals surface area contributed by atoms with Crippen LogP contribution < -0.4 is 5.73 Å². The third kappa shape index (κ3) is 3.52. The Bertz CT molecular complexity index is 474. The Morgan fingerprint density at radius 1 is 1.33 bits per heavy atom. The molecule has 0 amide bonds. The highest BCUT2D eigenvalue weighted by Gasteiger charge is 2.22. The first-order valence-corrected chi connectivity index (χ1v) is 7.30. The van der Waals surface area contributed by atoms with Crippen molar-refractivity contribution in [2.24, 2.45) is 5.73 Å². The number of likely N-dealkylation sites (N-methyl/N-ethyl adjacent to an activating group) is 1. The van der Waals surface area contributed by atoms with E-state index in [0.717, 1.165) is 0 Å². The maximum atomic E-state index is 12.3. The lowest BCUT2D eigenvalue weighted by atomic mass is 10.2. The first-order chi connectivity index (χ1) is 8.54. The van der Waals surface area contributed by atoms with Gasteiger partial charge in [-0.25, -0.2) is 8.42 Å². The predicted molar refractivity (Wildman–Crippen MR) is 70.6 cm³/mol. The largest absolute Gasteiger partial charge is 0.380 e. The normalized spacial score (nSPS) is 12.0. The zero-order valence-corrected chi connectivity index (χ0v) is 11.6. The Labute approximate surface area is 109 Å². The van der Waals surface area contributed by atoms with Crippen LogP contribution in [0, 0.1) is 0 Å². The van der Waals surface area contributed by atoms with Gasteiger partial charge < -0.3 is 10.5 Å². The number of rotatable bonds is 7. The molecule has 0 unspecified atom stereocenters. The van der Waals surface area contributed by atoms with Gasteiger partial charge in [0.15, 0.2) is 0 Å². The van der Waals surface area contributed by atoms with Crippen molar-refractivity contribution in [3.63, 3.8) is 0 Å². The summed E-state index contributed by atoms with van der Waals surface area (Å²) in [5.74, 6) is 0. The second kappa shape index (κ2) is 6.84. The van der Waals surface area contributed by atoms with Crippen molar-refractivity contribution in [1.82, 2.24) is 4.31 Å². The molecule has 0 heterocycles.